The Balaban J connectivity index is 1.96. The molecule has 0 bridgehead atoms. The van der Waals surface area contributed by atoms with Crippen LogP contribution in [-0.4, -0.2) is 9.97 Å². The second-order valence-corrected chi connectivity index (χ2v) is 5.66. The first-order valence-electron chi connectivity index (χ1n) is 7.21. The fourth-order valence-corrected chi connectivity index (χ4v) is 3.08. The number of nitrogens with one attached hydrogen (secondary N) is 1. The number of nitrogens with zero attached hydrogens (tertiary/aromatic N) is 1. The lowest BCUT2D eigenvalue weighted by atomic mass is 10.0. The highest BCUT2D eigenvalue weighted by atomic mass is 35.5. The van der Waals surface area contributed by atoms with Crippen LogP contribution in [0.1, 0.15) is 0 Å². The van der Waals surface area contributed by atoms with Crippen molar-refractivity contribution in [3.05, 3.63) is 77.8 Å². The maximum Gasteiger partial charge on any atom is 0.139 e. The van der Waals surface area contributed by atoms with Crippen molar-refractivity contribution < 1.29 is 4.39 Å². The van der Waals surface area contributed by atoms with Crippen LogP contribution >= 0.6 is 11.6 Å². The maximum atomic E-state index is 13.2. The van der Waals surface area contributed by atoms with E-state index in [9.17, 15) is 4.39 Å². The summed E-state index contributed by atoms with van der Waals surface area (Å²) in [5, 5.41) is 1.49. The van der Waals surface area contributed by atoms with Crippen LogP contribution in [0.25, 0.3) is 33.3 Å². The molecule has 0 radical (unpaired) electrons. The van der Waals surface area contributed by atoms with Crippen molar-refractivity contribution in [1.82, 2.24) is 9.97 Å². The van der Waals surface area contributed by atoms with Gasteiger partial charge in [-0.2, -0.15) is 0 Å². The summed E-state index contributed by atoms with van der Waals surface area (Å²) in [6.45, 7) is 0. The van der Waals surface area contributed by atoms with E-state index in [0.717, 1.165) is 27.6 Å². The fraction of sp³-hybridized carbons (Fsp3) is 0. The van der Waals surface area contributed by atoms with Crippen LogP contribution in [0, 0.1) is 5.82 Å². The van der Waals surface area contributed by atoms with E-state index in [1.165, 1.54) is 12.1 Å². The molecule has 0 spiro atoms. The predicted octanol–water partition coefficient (Wildman–Crippen LogP) is 5.69. The average Bonchev–Trinajstić information content (AvgIpc) is 3.02. The molecule has 0 amide bonds. The van der Waals surface area contributed by atoms with E-state index in [2.05, 4.69) is 9.97 Å². The largest absolute Gasteiger partial charge is 0.345 e. The van der Waals surface area contributed by atoms with Gasteiger partial charge in [-0.05, 0) is 23.3 Å². The Morgan fingerprint density at radius 3 is 2.30 bits per heavy atom. The quantitative estimate of drug-likeness (QED) is 0.504. The first kappa shape index (κ1) is 14.0. The SMILES string of the molecule is Fc1ccc(-c2c[nH]c3ncc(-c4ccccc4)c(Cl)c23)cc1. The smallest absolute Gasteiger partial charge is 0.139 e. The summed E-state index contributed by atoms with van der Waals surface area (Å²) in [5.74, 6) is -0.261. The van der Waals surface area contributed by atoms with Gasteiger partial charge in [0.2, 0.25) is 0 Å². The molecule has 0 atom stereocenters. The van der Waals surface area contributed by atoms with Crippen molar-refractivity contribution in [3.8, 4) is 22.3 Å². The molecule has 2 aromatic carbocycles. The zero-order valence-corrected chi connectivity index (χ0v) is 12.8. The molecule has 4 aromatic rings. The Hall–Kier alpha value is -2.65. The third-order valence-electron chi connectivity index (χ3n) is 3.88. The normalized spacial score (nSPS) is 11.0. The van der Waals surface area contributed by atoms with Gasteiger partial charge in [0.15, 0.2) is 0 Å². The minimum Gasteiger partial charge on any atom is -0.345 e. The van der Waals surface area contributed by atoms with Gasteiger partial charge >= 0.3 is 0 Å². The summed E-state index contributed by atoms with van der Waals surface area (Å²) in [6.07, 6.45) is 3.62. The number of aromatic nitrogens is 2. The number of H-pyrrole nitrogens is 1. The van der Waals surface area contributed by atoms with Gasteiger partial charge < -0.3 is 4.98 Å². The highest BCUT2D eigenvalue weighted by molar-refractivity contribution is 6.39. The molecular formula is C19H12ClFN2. The zero-order valence-electron chi connectivity index (χ0n) is 12.1. The molecule has 0 fully saturated rings. The number of pyridine rings is 1. The van der Waals surface area contributed by atoms with Gasteiger partial charge in [0.1, 0.15) is 11.5 Å². The molecule has 1 N–H and O–H groups in total. The molecular weight excluding hydrogens is 311 g/mol. The van der Waals surface area contributed by atoms with Crippen LogP contribution < -0.4 is 0 Å². The van der Waals surface area contributed by atoms with Gasteiger partial charge in [-0.3, -0.25) is 0 Å². The number of hydrogen-bond acceptors (Lipinski definition) is 1. The Morgan fingerprint density at radius 1 is 0.870 bits per heavy atom. The average molecular weight is 323 g/mol. The Bertz CT molecular complexity index is 976. The van der Waals surface area contributed by atoms with Gasteiger partial charge in [-0.1, -0.05) is 54.1 Å². The van der Waals surface area contributed by atoms with Gasteiger partial charge in [-0.15, -0.1) is 0 Å². The van der Waals surface area contributed by atoms with E-state index in [-0.39, 0.29) is 5.82 Å². The van der Waals surface area contributed by atoms with Crippen molar-refractivity contribution in [2.75, 3.05) is 0 Å². The third-order valence-corrected chi connectivity index (χ3v) is 4.27. The van der Waals surface area contributed by atoms with Crippen LogP contribution in [0.5, 0.6) is 0 Å². The molecule has 4 heteroatoms. The third kappa shape index (κ3) is 2.39. The summed E-state index contributed by atoms with van der Waals surface area (Å²) in [5.41, 5.74) is 4.41. The molecule has 0 aliphatic heterocycles. The van der Waals surface area contributed by atoms with E-state index in [0.29, 0.717) is 10.7 Å². The predicted molar refractivity (Wildman–Crippen MR) is 91.9 cm³/mol. The summed E-state index contributed by atoms with van der Waals surface area (Å²) < 4.78 is 13.2. The van der Waals surface area contributed by atoms with Gasteiger partial charge in [0.05, 0.1) is 5.02 Å². The molecule has 2 nitrogen and oxygen atoms in total. The minimum atomic E-state index is -0.261. The molecule has 2 aromatic heterocycles. The number of hydrogen-bond donors (Lipinski definition) is 1. The lowest BCUT2D eigenvalue weighted by Crippen LogP contribution is -1.85. The van der Waals surface area contributed by atoms with Crippen LogP contribution in [0.3, 0.4) is 0 Å². The molecule has 2 heterocycles. The maximum absolute atomic E-state index is 13.2. The van der Waals surface area contributed by atoms with Crippen molar-refractivity contribution in [1.29, 1.82) is 0 Å². The summed E-state index contributed by atoms with van der Waals surface area (Å²) in [7, 11) is 0. The molecule has 112 valence electrons. The van der Waals surface area contributed by atoms with E-state index in [4.69, 9.17) is 11.6 Å². The molecule has 0 aliphatic carbocycles. The lowest BCUT2D eigenvalue weighted by molar-refractivity contribution is 0.628. The molecule has 0 saturated carbocycles. The van der Waals surface area contributed by atoms with Crippen molar-refractivity contribution >= 4 is 22.6 Å². The highest BCUT2D eigenvalue weighted by Gasteiger charge is 2.15. The number of rotatable bonds is 2. The molecule has 4 rings (SSSR count). The lowest BCUT2D eigenvalue weighted by Gasteiger charge is -2.07. The second kappa shape index (κ2) is 5.52. The van der Waals surface area contributed by atoms with Crippen molar-refractivity contribution in [2.24, 2.45) is 0 Å². The first-order chi connectivity index (χ1) is 11.2. The minimum absolute atomic E-state index is 0.261. The Kier molecular flexibility index (Phi) is 3.36. The second-order valence-electron chi connectivity index (χ2n) is 5.28. The van der Waals surface area contributed by atoms with Crippen molar-refractivity contribution in [2.45, 2.75) is 0 Å². The Morgan fingerprint density at radius 2 is 1.57 bits per heavy atom. The highest BCUT2D eigenvalue weighted by Crippen LogP contribution is 2.38. The van der Waals surface area contributed by atoms with E-state index in [1.807, 2.05) is 36.5 Å². The zero-order chi connectivity index (χ0) is 15.8. The number of fused-ring (bicyclic) bond motifs is 1. The number of halogens is 2. The van der Waals surface area contributed by atoms with Gasteiger partial charge in [-0.25, -0.2) is 9.37 Å². The van der Waals surface area contributed by atoms with E-state index < -0.39 is 0 Å². The molecule has 0 saturated heterocycles. The fourth-order valence-electron chi connectivity index (χ4n) is 2.73. The van der Waals surface area contributed by atoms with E-state index >= 15 is 0 Å². The van der Waals surface area contributed by atoms with Crippen LogP contribution in [0.2, 0.25) is 5.02 Å². The Labute approximate surface area is 137 Å². The summed E-state index contributed by atoms with van der Waals surface area (Å²) in [6, 6.07) is 16.3. The standard InChI is InChI=1S/C19H12ClFN2/c20-18-16(12-4-2-1-3-5-12)11-23-19-17(18)15(10-22-19)13-6-8-14(21)9-7-13/h1-11H,(H,22,23). The summed E-state index contributed by atoms with van der Waals surface area (Å²) >= 11 is 6.67. The molecule has 0 unspecified atom stereocenters. The number of benzene rings is 2. The monoisotopic (exact) mass is 322 g/mol. The van der Waals surface area contributed by atoms with Crippen LogP contribution in [-0.2, 0) is 0 Å². The number of aromatic amines is 1. The van der Waals surface area contributed by atoms with Crippen LogP contribution in [0.4, 0.5) is 4.39 Å². The first-order valence-corrected chi connectivity index (χ1v) is 7.59. The van der Waals surface area contributed by atoms with Gasteiger partial charge in [0, 0.05) is 28.9 Å². The van der Waals surface area contributed by atoms with Crippen molar-refractivity contribution in [3.63, 3.8) is 0 Å². The van der Waals surface area contributed by atoms with Gasteiger partial charge in [0.25, 0.3) is 0 Å². The van der Waals surface area contributed by atoms with Crippen LogP contribution in [0.15, 0.2) is 67.0 Å². The van der Waals surface area contributed by atoms with E-state index in [1.54, 1.807) is 18.3 Å². The molecule has 0 aliphatic rings. The summed E-state index contributed by atoms with van der Waals surface area (Å²) in [4.78, 5) is 7.60. The molecule has 23 heavy (non-hydrogen) atoms. The topological polar surface area (TPSA) is 28.7 Å².